The van der Waals surface area contributed by atoms with Crippen molar-refractivity contribution >= 4 is 22.6 Å². The highest BCUT2D eigenvalue weighted by Gasteiger charge is 2.15. The molecular weight excluding hydrogens is 301 g/mol. The van der Waals surface area contributed by atoms with Crippen LogP contribution in [0.2, 0.25) is 0 Å². The maximum atomic E-state index is 13.6. The van der Waals surface area contributed by atoms with Gasteiger partial charge in [-0.3, -0.25) is 4.79 Å². The first-order valence-electron chi connectivity index (χ1n) is 6.76. The average Bonchev–Trinajstić information content (AvgIpc) is 2.55. The predicted molar refractivity (Wildman–Crippen MR) is 83.4 cm³/mol. The van der Waals surface area contributed by atoms with Gasteiger partial charge in [-0.1, -0.05) is 12.1 Å². The van der Waals surface area contributed by atoms with Gasteiger partial charge >= 0.3 is 5.63 Å². The number of carbonyl (C=O) groups is 1. The minimum Gasteiger partial charge on any atom is -0.497 e. The number of halogens is 1. The largest absolute Gasteiger partial charge is 0.497 e. The van der Waals surface area contributed by atoms with Crippen molar-refractivity contribution in [2.75, 3.05) is 12.4 Å². The van der Waals surface area contributed by atoms with Crippen LogP contribution in [0.1, 0.15) is 10.4 Å². The molecule has 0 aliphatic carbocycles. The number of carbonyl (C=O) groups excluding carboxylic acids is 1. The SMILES string of the molecule is COc1ccc2cc(C(=O)Nc3ccccc3F)c(=O)oc2c1. The van der Waals surface area contributed by atoms with Crippen molar-refractivity contribution in [3.63, 3.8) is 0 Å². The van der Waals surface area contributed by atoms with Crippen LogP contribution in [-0.2, 0) is 0 Å². The van der Waals surface area contributed by atoms with Gasteiger partial charge in [-0.05, 0) is 30.3 Å². The summed E-state index contributed by atoms with van der Waals surface area (Å²) in [5, 5.41) is 2.92. The Labute approximate surface area is 130 Å². The van der Waals surface area contributed by atoms with Gasteiger partial charge in [-0.25, -0.2) is 9.18 Å². The molecule has 0 atom stereocenters. The lowest BCUT2D eigenvalue weighted by Crippen LogP contribution is -2.21. The number of anilines is 1. The average molecular weight is 313 g/mol. The lowest BCUT2D eigenvalue weighted by Gasteiger charge is -2.06. The zero-order valence-corrected chi connectivity index (χ0v) is 12.1. The number of rotatable bonds is 3. The summed E-state index contributed by atoms with van der Waals surface area (Å²) in [7, 11) is 1.50. The van der Waals surface area contributed by atoms with E-state index in [0.717, 1.165) is 0 Å². The normalized spacial score (nSPS) is 10.5. The molecule has 0 radical (unpaired) electrons. The van der Waals surface area contributed by atoms with Crippen molar-refractivity contribution in [2.24, 2.45) is 0 Å². The van der Waals surface area contributed by atoms with Gasteiger partial charge < -0.3 is 14.5 Å². The summed E-state index contributed by atoms with van der Waals surface area (Å²) in [6.07, 6.45) is 0. The predicted octanol–water partition coefficient (Wildman–Crippen LogP) is 3.19. The van der Waals surface area contributed by atoms with Crippen LogP contribution in [0.5, 0.6) is 5.75 Å². The maximum absolute atomic E-state index is 13.6. The fourth-order valence-corrected chi connectivity index (χ4v) is 2.13. The van der Waals surface area contributed by atoms with Crippen molar-refractivity contribution in [1.82, 2.24) is 0 Å². The van der Waals surface area contributed by atoms with E-state index < -0.39 is 17.3 Å². The van der Waals surface area contributed by atoms with Gasteiger partial charge in [0, 0.05) is 11.5 Å². The van der Waals surface area contributed by atoms with Crippen LogP contribution >= 0.6 is 0 Å². The fraction of sp³-hybridized carbons (Fsp3) is 0.0588. The van der Waals surface area contributed by atoms with Crippen LogP contribution in [-0.4, -0.2) is 13.0 Å². The quantitative estimate of drug-likeness (QED) is 0.754. The number of nitrogens with one attached hydrogen (secondary N) is 1. The molecule has 0 fully saturated rings. The van der Waals surface area contributed by atoms with E-state index in [-0.39, 0.29) is 11.3 Å². The standard InChI is InChI=1S/C17H12FNO4/c1-22-11-7-6-10-8-12(17(21)23-15(10)9-11)16(20)19-14-5-3-2-4-13(14)18/h2-9H,1H3,(H,19,20). The van der Waals surface area contributed by atoms with Gasteiger partial charge in [-0.15, -0.1) is 0 Å². The van der Waals surface area contributed by atoms with Crippen LogP contribution in [0, 0.1) is 5.82 Å². The molecule has 0 spiro atoms. The Morgan fingerprint density at radius 2 is 1.96 bits per heavy atom. The van der Waals surface area contributed by atoms with E-state index in [2.05, 4.69) is 5.32 Å². The number of para-hydroxylation sites is 1. The van der Waals surface area contributed by atoms with Crippen molar-refractivity contribution in [1.29, 1.82) is 0 Å². The van der Waals surface area contributed by atoms with Crippen LogP contribution in [0.4, 0.5) is 10.1 Å². The monoisotopic (exact) mass is 313 g/mol. The summed E-state index contributed by atoms with van der Waals surface area (Å²) in [4.78, 5) is 24.2. The molecule has 0 aliphatic rings. The first-order chi connectivity index (χ1) is 11.1. The Bertz CT molecular complexity index is 949. The Hall–Kier alpha value is -3.15. The topological polar surface area (TPSA) is 68.5 Å². The first-order valence-corrected chi connectivity index (χ1v) is 6.76. The second kappa shape index (κ2) is 5.92. The molecule has 1 aromatic heterocycles. The molecule has 0 unspecified atom stereocenters. The highest BCUT2D eigenvalue weighted by atomic mass is 19.1. The second-order valence-electron chi connectivity index (χ2n) is 4.79. The van der Waals surface area contributed by atoms with E-state index in [1.54, 1.807) is 24.3 Å². The number of hydrogen-bond donors (Lipinski definition) is 1. The summed E-state index contributed by atoms with van der Waals surface area (Å²) in [5.74, 6) is -0.790. The van der Waals surface area contributed by atoms with E-state index in [0.29, 0.717) is 16.7 Å². The van der Waals surface area contributed by atoms with E-state index in [9.17, 15) is 14.0 Å². The zero-order valence-electron chi connectivity index (χ0n) is 12.1. The lowest BCUT2D eigenvalue weighted by atomic mass is 10.1. The summed E-state index contributed by atoms with van der Waals surface area (Å²) in [5.41, 5.74) is -0.714. The van der Waals surface area contributed by atoms with Crippen LogP contribution in [0.15, 0.2) is 57.7 Å². The van der Waals surface area contributed by atoms with Crippen LogP contribution in [0.25, 0.3) is 11.0 Å². The van der Waals surface area contributed by atoms with E-state index in [1.807, 2.05) is 0 Å². The zero-order chi connectivity index (χ0) is 16.4. The molecule has 1 heterocycles. The van der Waals surface area contributed by atoms with Gasteiger partial charge in [0.15, 0.2) is 0 Å². The molecule has 23 heavy (non-hydrogen) atoms. The number of hydrogen-bond acceptors (Lipinski definition) is 4. The van der Waals surface area contributed by atoms with E-state index in [1.165, 1.54) is 31.4 Å². The number of methoxy groups -OCH3 is 1. The fourth-order valence-electron chi connectivity index (χ4n) is 2.13. The molecule has 1 amide bonds. The number of benzene rings is 2. The highest BCUT2D eigenvalue weighted by Crippen LogP contribution is 2.21. The van der Waals surface area contributed by atoms with Crippen LogP contribution in [0.3, 0.4) is 0 Å². The molecular formula is C17H12FNO4. The third kappa shape index (κ3) is 2.91. The minimum atomic E-state index is -0.806. The van der Waals surface area contributed by atoms with Crippen molar-refractivity contribution in [3.8, 4) is 5.75 Å². The number of ether oxygens (including phenoxy) is 1. The maximum Gasteiger partial charge on any atom is 0.349 e. The summed E-state index contributed by atoms with van der Waals surface area (Å²) in [6, 6.07) is 12.0. The third-order valence-corrected chi connectivity index (χ3v) is 3.31. The second-order valence-corrected chi connectivity index (χ2v) is 4.79. The number of amides is 1. The molecule has 1 N–H and O–H groups in total. The van der Waals surface area contributed by atoms with Gasteiger partial charge in [0.2, 0.25) is 0 Å². The molecule has 0 aliphatic heterocycles. The van der Waals surface area contributed by atoms with E-state index >= 15 is 0 Å². The Morgan fingerprint density at radius 3 is 2.70 bits per heavy atom. The van der Waals surface area contributed by atoms with Crippen molar-refractivity contribution < 1.29 is 18.3 Å². The molecule has 0 saturated heterocycles. The molecule has 116 valence electrons. The Balaban J connectivity index is 1.99. The van der Waals surface area contributed by atoms with Gasteiger partial charge in [0.1, 0.15) is 22.7 Å². The Morgan fingerprint density at radius 1 is 1.17 bits per heavy atom. The molecule has 0 bridgehead atoms. The smallest absolute Gasteiger partial charge is 0.349 e. The summed E-state index contributed by atoms with van der Waals surface area (Å²) >= 11 is 0. The molecule has 3 rings (SSSR count). The minimum absolute atomic E-state index is 0.00766. The van der Waals surface area contributed by atoms with E-state index in [4.69, 9.17) is 9.15 Å². The lowest BCUT2D eigenvalue weighted by molar-refractivity contribution is 0.102. The molecule has 0 saturated carbocycles. The molecule has 6 heteroatoms. The highest BCUT2D eigenvalue weighted by molar-refractivity contribution is 6.05. The third-order valence-electron chi connectivity index (χ3n) is 3.31. The first kappa shape index (κ1) is 14.8. The van der Waals surface area contributed by atoms with Gasteiger partial charge in [-0.2, -0.15) is 0 Å². The molecule has 2 aromatic carbocycles. The van der Waals surface area contributed by atoms with Gasteiger partial charge in [0.25, 0.3) is 5.91 Å². The molecule has 3 aromatic rings. The van der Waals surface area contributed by atoms with Gasteiger partial charge in [0.05, 0.1) is 12.8 Å². The van der Waals surface area contributed by atoms with Crippen molar-refractivity contribution in [3.05, 3.63) is 70.3 Å². The van der Waals surface area contributed by atoms with Crippen LogP contribution < -0.4 is 15.7 Å². The Kier molecular flexibility index (Phi) is 3.80. The summed E-state index contributed by atoms with van der Waals surface area (Å²) in [6.45, 7) is 0. The number of fused-ring (bicyclic) bond motifs is 1. The molecule has 5 nitrogen and oxygen atoms in total. The van der Waals surface area contributed by atoms with Crippen molar-refractivity contribution in [2.45, 2.75) is 0 Å². The summed E-state index contributed by atoms with van der Waals surface area (Å²) < 4.78 is 23.8.